The molecule has 0 saturated carbocycles. The molecular formula is C11H9ClF4O2. The molecule has 0 aliphatic rings. The number of halogens is 5. The normalized spacial score (nSPS) is 15.3. The van der Waals surface area contributed by atoms with Crippen LogP contribution < -0.4 is 0 Å². The molecule has 0 amide bonds. The van der Waals surface area contributed by atoms with Crippen molar-refractivity contribution in [1.82, 2.24) is 0 Å². The maximum atomic E-state index is 13.6. The van der Waals surface area contributed by atoms with Gasteiger partial charge in [0.05, 0.1) is 5.88 Å². The standard InChI is InChI=1S/C11H9ClF4O2/c1-6(17)11(15,16)10(18,5-12)8-3-2-7(13)4-9(8)14/h2-4,18H,5H2,1H3. The fraction of sp³-hybridized carbons (Fsp3) is 0.364. The van der Waals surface area contributed by atoms with Crippen LogP contribution in [0.2, 0.25) is 0 Å². The summed E-state index contributed by atoms with van der Waals surface area (Å²) in [5, 5.41) is 9.80. The van der Waals surface area contributed by atoms with Crippen molar-refractivity contribution in [2.75, 3.05) is 5.88 Å². The zero-order chi connectivity index (χ0) is 14.1. The van der Waals surface area contributed by atoms with Gasteiger partial charge in [-0.2, -0.15) is 8.78 Å². The Kier molecular flexibility index (Phi) is 4.02. The highest BCUT2D eigenvalue weighted by Gasteiger charge is 2.58. The van der Waals surface area contributed by atoms with Crippen molar-refractivity contribution >= 4 is 17.4 Å². The number of aliphatic hydroxyl groups is 1. The Morgan fingerprint density at radius 3 is 2.33 bits per heavy atom. The molecule has 0 aliphatic heterocycles. The molecule has 1 aromatic rings. The van der Waals surface area contributed by atoms with Gasteiger partial charge in [0.1, 0.15) is 11.6 Å². The van der Waals surface area contributed by atoms with E-state index in [1.807, 2.05) is 0 Å². The summed E-state index contributed by atoms with van der Waals surface area (Å²) in [5.41, 5.74) is -4.16. The molecule has 1 unspecified atom stereocenters. The average molecular weight is 285 g/mol. The van der Waals surface area contributed by atoms with E-state index in [0.29, 0.717) is 25.1 Å². The first kappa shape index (κ1) is 14.9. The summed E-state index contributed by atoms with van der Waals surface area (Å²) in [6.07, 6.45) is 0. The molecule has 0 heterocycles. The summed E-state index contributed by atoms with van der Waals surface area (Å²) in [5.74, 6) is -9.48. The number of carbonyl (C=O) groups is 1. The molecule has 0 radical (unpaired) electrons. The van der Waals surface area contributed by atoms with E-state index in [9.17, 15) is 27.5 Å². The predicted octanol–water partition coefficient (Wildman–Crippen LogP) is 2.62. The van der Waals surface area contributed by atoms with E-state index in [1.54, 1.807) is 0 Å². The molecule has 2 nitrogen and oxygen atoms in total. The monoisotopic (exact) mass is 284 g/mol. The summed E-state index contributed by atoms with van der Waals surface area (Å²) in [6, 6.07) is 1.64. The third-order valence-corrected chi connectivity index (χ3v) is 2.92. The fourth-order valence-electron chi connectivity index (χ4n) is 1.44. The Balaban J connectivity index is 3.44. The number of hydrogen-bond acceptors (Lipinski definition) is 2. The van der Waals surface area contributed by atoms with Gasteiger partial charge in [0, 0.05) is 18.6 Å². The van der Waals surface area contributed by atoms with Gasteiger partial charge in [-0.1, -0.05) is 6.07 Å². The van der Waals surface area contributed by atoms with Crippen LogP contribution in [0.3, 0.4) is 0 Å². The largest absolute Gasteiger partial charge is 0.377 e. The minimum absolute atomic E-state index is 0.322. The highest BCUT2D eigenvalue weighted by atomic mass is 35.5. The van der Waals surface area contributed by atoms with E-state index >= 15 is 0 Å². The average Bonchev–Trinajstić information content (AvgIpc) is 2.27. The lowest BCUT2D eigenvalue weighted by molar-refractivity contribution is -0.186. The van der Waals surface area contributed by atoms with Crippen molar-refractivity contribution in [2.24, 2.45) is 0 Å². The number of Topliss-reactive ketones (excluding diaryl/α,β-unsaturated/α-hetero) is 1. The maximum Gasteiger partial charge on any atom is 0.338 e. The van der Waals surface area contributed by atoms with E-state index in [-0.39, 0.29) is 0 Å². The van der Waals surface area contributed by atoms with Gasteiger partial charge in [0.15, 0.2) is 5.60 Å². The zero-order valence-electron chi connectivity index (χ0n) is 9.18. The van der Waals surface area contributed by atoms with Crippen molar-refractivity contribution in [1.29, 1.82) is 0 Å². The number of alkyl halides is 3. The second-order valence-electron chi connectivity index (χ2n) is 3.75. The molecule has 1 rings (SSSR count). The van der Waals surface area contributed by atoms with Crippen molar-refractivity contribution in [3.8, 4) is 0 Å². The minimum atomic E-state index is -4.28. The number of benzene rings is 1. The third kappa shape index (κ3) is 2.22. The van der Waals surface area contributed by atoms with Gasteiger partial charge in [-0.05, 0) is 6.07 Å². The van der Waals surface area contributed by atoms with Crippen molar-refractivity contribution < 1.29 is 27.5 Å². The van der Waals surface area contributed by atoms with Crippen LogP contribution in [0, 0.1) is 11.6 Å². The number of carbonyl (C=O) groups excluding carboxylic acids is 1. The maximum absolute atomic E-state index is 13.6. The van der Waals surface area contributed by atoms with Crippen LogP contribution in [0.1, 0.15) is 12.5 Å². The predicted molar refractivity (Wildman–Crippen MR) is 56.6 cm³/mol. The molecule has 0 saturated heterocycles. The van der Waals surface area contributed by atoms with Crippen LogP contribution in [-0.2, 0) is 10.4 Å². The van der Waals surface area contributed by atoms with Crippen LogP contribution in [0.25, 0.3) is 0 Å². The molecule has 100 valence electrons. The smallest absolute Gasteiger partial charge is 0.338 e. The lowest BCUT2D eigenvalue weighted by atomic mass is 9.86. The van der Waals surface area contributed by atoms with Crippen molar-refractivity contribution in [3.05, 3.63) is 35.4 Å². The van der Waals surface area contributed by atoms with Crippen LogP contribution in [0.4, 0.5) is 17.6 Å². The number of ketones is 1. The van der Waals surface area contributed by atoms with E-state index < -0.39 is 40.4 Å². The highest BCUT2D eigenvalue weighted by Crippen LogP contribution is 2.40. The summed E-state index contributed by atoms with van der Waals surface area (Å²) in [7, 11) is 0. The van der Waals surface area contributed by atoms with E-state index in [0.717, 1.165) is 0 Å². The Bertz CT molecular complexity index is 478. The molecule has 1 aromatic carbocycles. The first-order chi connectivity index (χ1) is 8.16. The molecule has 1 N–H and O–H groups in total. The first-order valence-corrected chi connectivity index (χ1v) is 5.33. The van der Waals surface area contributed by atoms with Gasteiger partial charge in [0.25, 0.3) is 0 Å². The summed E-state index contributed by atoms with van der Waals surface area (Å²) < 4.78 is 53.3. The van der Waals surface area contributed by atoms with Gasteiger partial charge >= 0.3 is 5.92 Å². The van der Waals surface area contributed by atoms with E-state index in [4.69, 9.17) is 11.6 Å². The van der Waals surface area contributed by atoms with Crippen LogP contribution in [-0.4, -0.2) is 22.7 Å². The Morgan fingerprint density at radius 2 is 1.94 bits per heavy atom. The van der Waals surface area contributed by atoms with Gasteiger partial charge < -0.3 is 5.11 Å². The Morgan fingerprint density at radius 1 is 1.39 bits per heavy atom. The second-order valence-corrected chi connectivity index (χ2v) is 4.02. The summed E-state index contributed by atoms with van der Waals surface area (Å²) >= 11 is 5.24. The third-order valence-electron chi connectivity index (χ3n) is 2.53. The van der Waals surface area contributed by atoms with Crippen LogP contribution >= 0.6 is 11.6 Å². The van der Waals surface area contributed by atoms with Gasteiger partial charge in [0.2, 0.25) is 5.78 Å². The highest BCUT2D eigenvalue weighted by molar-refractivity contribution is 6.19. The van der Waals surface area contributed by atoms with E-state index in [1.165, 1.54) is 0 Å². The Labute approximate surface area is 105 Å². The van der Waals surface area contributed by atoms with Gasteiger partial charge in [-0.15, -0.1) is 11.6 Å². The van der Waals surface area contributed by atoms with Gasteiger partial charge in [-0.25, -0.2) is 8.78 Å². The zero-order valence-corrected chi connectivity index (χ0v) is 9.94. The molecule has 0 spiro atoms. The molecule has 0 aromatic heterocycles. The first-order valence-electron chi connectivity index (χ1n) is 4.79. The SMILES string of the molecule is CC(=O)C(F)(F)C(O)(CCl)c1ccc(F)cc1F. The van der Waals surface area contributed by atoms with Crippen LogP contribution in [0.15, 0.2) is 18.2 Å². The quantitative estimate of drug-likeness (QED) is 0.682. The van der Waals surface area contributed by atoms with Gasteiger partial charge in [-0.3, -0.25) is 4.79 Å². The Hall–Kier alpha value is -1.14. The number of hydrogen-bond donors (Lipinski definition) is 1. The fourth-order valence-corrected chi connectivity index (χ4v) is 1.75. The molecule has 18 heavy (non-hydrogen) atoms. The summed E-state index contributed by atoms with van der Waals surface area (Å²) in [4.78, 5) is 10.9. The molecule has 7 heteroatoms. The second kappa shape index (κ2) is 4.85. The molecule has 0 fully saturated rings. The number of rotatable bonds is 4. The molecular weight excluding hydrogens is 276 g/mol. The molecule has 1 atom stereocenters. The lowest BCUT2D eigenvalue weighted by Gasteiger charge is -2.33. The van der Waals surface area contributed by atoms with Crippen molar-refractivity contribution in [2.45, 2.75) is 18.4 Å². The van der Waals surface area contributed by atoms with E-state index in [2.05, 4.69) is 0 Å². The lowest BCUT2D eigenvalue weighted by Crippen LogP contribution is -2.52. The van der Waals surface area contributed by atoms with Crippen molar-refractivity contribution in [3.63, 3.8) is 0 Å². The van der Waals surface area contributed by atoms with Crippen LogP contribution in [0.5, 0.6) is 0 Å². The summed E-state index contributed by atoms with van der Waals surface area (Å²) in [6.45, 7) is 0.541. The topological polar surface area (TPSA) is 37.3 Å². The molecule has 0 aliphatic carbocycles. The minimum Gasteiger partial charge on any atom is -0.377 e. The molecule has 0 bridgehead atoms.